The van der Waals surface area contributed by atoms with Crippen molar-refractivity contribution in [1.82, 2.24) is 14.8 Å². The molecule has 5 amide bonds. The highest BCUT2D eigenvalue weighted by Crippen LogP contribution is 2.27. The molecule has 2 aromatic carbocycles. The Morgan fingerprint density at radius 3 is 2.36 bits per heavy atom. The van der Waals surface area contributed by atoms with Gasteiger partial charge in [0.2, 0.25) is 6.29 Å². The van der Waals surface area contributed by atoms with Gasteiger partial charge in [-0.2, -0.15) is 0 Å². The number of hydrazine groups is 1. The van der Waals surface area contributed by atoms with Gasteiger partial charge in [0.25, 0.3) is 5.91 Å². The average Bonchev–Trinajstić information content (AvgIpc) is 2.78. The van der Waals surface area contributed by atoms with Crippen molar-refractivity contribution in [2.45, 2.75) is 26.7 Å². The number of nitrogens with two attached hydrogens (primary N) is 1. The van der Waals surface area contributed by atoms with E-state index in [9.17, 15) is 19.3 Å². The van der Waals surface area contributed by atoms with Crippen LogP contribution in [0.15, 0.2) is 53.7 Å². The molecule has 1 unspecified atom stereocenters. The molecule has 33 heavy (non-hydrogen) atoms. The van der Waals surface area contributed by atoms with E-state index < -0.39 is 29.7 Å². The minimum Gasteiger partial charge on any atom is -0.347 e. The zero-order chi connectivity index (χ0) is 24.3. The molecule has 10 nitrogen and oxygen atoms in total. The number of nitroso groups, excluding NO2 is 1. The number of carbonyl (C=O) groups is 3. The molecule has 3 N–H and O–H groups in total. The van der Waals surface area contributed by atoms with Gasteiger partial charge in [-0.25, -0.2) is 25.3 Å². The fraction of sp³-hybridized carbons (Fsp3) is 0.286. The second-order valence-electron chi connectivity index (χ2n) is 8.12. The fourth-order valence-electron chi connectivity index (χ4n) is 3.27. The largest absolute Gasteiger partial charge is 0.347 e. The summed E-state index contributed by atoms with van der Waals surface area (Å²) in [6.07, 6.45) is -1.07. The van der Waals surface area contributed by atoms with E-state index in [1.165, 1.54) is 18.7 Å². The van der Waals surface area contributed by atoms with Crippen molar-refractivity contribution >= 4 is 46.9 Å². The summed E-state index contributed by atoms with van der Waals surface area (Å²) in [6, 6.07) is 12.0. The molecule has 1 aliphatic heterocycles. The molecule has 12 heteroatoms. The first-order valence-corrected chi connectivity index (χ1v) is 10.6. The number of benzene rings is 2. The Morgan fingerprint density at radius 1 is 1.09 bits per heavy atom. The highest BCUT2D eigenvalue weighted by atomic mass is 35.5. The molecule has 0 aromatic heterocycles. The van der Waals surface area contributed by atoms with Crippen molar-refractivity contribution in [1.29, 1.82) is 0 Å². The van der Waals surface area contributed by atoms with Crippen LogP contribution in [0.3, 0.4) is 0 Å². The number of anilines is 1. The molecule has 1 atom stereocenters. The lowest BCUT2D eigenvalue weighted by Crippen LogP contribution is -2.71. The molecular formula is C21H22Cl2N6O4. The van der Waals surface area contributed by atoms with E-state index in [-0.39, 0.29) is 13.1 Å². The van der Waals surface area contributed by atoms with E-state index in [0.717, 1.165) is 15.5 Å². The number of amides is 5. The van der Waals surface area contributed by atoms with Gasteiger partial charge in [-0.1, -0.05) is 41.4 Å². The van der Waals surface area contributed by atoms with Crippen LogP contribution in [0.25, 0.3) is 0 Å². The van der Waals surface area contributed by atoms with Crippen molar-refractivity contribution in [3.05, 3.63) is 69.0 Å². The molecular weight excluding hydrogens is 471 g/mol. The predicted molar refractivity (Wildman–Crippen MR) is 124 cm³/mol. The van der Waals surface area contributed by atoms with Crippen LogP contribution in [0.5, 0.6) is 0 Å². The number of rotatable bonds is 7. The van der Waals surface area contributed by atoms with Crippen molar-refractivity contribution in [3.63, 3.8) is 0 Å². The summed E-state index contributed by atoms with van der Waals surface area (Å²) in [5.74, 6) is 5.13. The van der Waals surface area contributed by atoms with Gasteiger partial charge in [0, 0.05) is 27.5 Å². The molecule has 0 radical (unpaired) electrons. The lowest BCUT2D eigenvalue weighted by atomic mass is 9.92. The van der Waals surface area contributed by atoms with Crippen LogP contribution in [0.4, 0.5) is 15.3 Å². The maximum atomic E-state index is 13.4. The predicted octanol–water partition coefficient (Wildman–Crippen LogP) is 4.24. The summed E-state index contributed by atoms with van der Waals surface area (Å²) in [5.41, 5.74) is -0.149. The number of hydrogen-bond donors (Lipinski definition) is 2. The normalized spacial score (nSPS) is 16.8. The van der Waals surface area contributed by atoms with E-state index in [4.69, 9.17) is 29.0 Å². The van der Waals surface area contributed by atoms with Gasteiger partial charge >= 0.3 is 12.1 Å². The van der Waals surface area contributed by atoms with E-state index in [1.54, 1.807) is 48.5 Å². The topological polar surface area (TPSA) is 128 Å². The van der Waals surface area contributed by atoms with E-state index in [1.807, 2.05) is 0 Å². The summed E-state index contributed by atoms with van der Waals surface area (Å²) >= 11 is 12.0. The Labute approximate surface area is 200 Å². The standard InChI is InChI=1S/C21H22Cl2N6O4/c1-21(2,17(30)26-33)12-28-19(31)27(11-13-6-8-14(22)9-7-13)18(29(24)20(28)32)25-16-5-3-4-15(23)10-16/h3-10,18,25H,11-12,24H2,1-2H3. The zero-order valence-corrected chi connectivity index (χ0v) is 19.4. The van der Waals surface area contributed by atoms with Crippen LogP contribution in [0.1, 0.15) is 19.4 Å². The number of hydrogen-bond acceptors (Lipinski definition) is 6. The Balaban J connectivity index is 1.97. The lowest BCUT2D eigenvalue weighted by molar-refractivity contribution is -0.126. The van der Waals surface area contributed by atoms with E-state index in [0.29, 0.717) is 15.7 Å². The summed E-state index contributed by atoms with van der Waals surface area (Å²) in [7, 11) is 0. The van der Waals surface area contributed by atoms with E-state index >= 15 is 0 Å². The smallest absolute Gasteiger partial charge is 0.345 e. The Kier molecular flexibility index (Phi) is 7.21. The third-order valence-corrected chi connectivity index (χ3v) is 5.58. The molecule has 0 bridgehead atoms. The first kappa shape index (κ1) is 24.4. The van der Waals surface area contributed by atoms with Crippen LogP contribution in [0.2, 0.25) is 10.0 Å². The van der Waals surface area contributed by atoms with Crippen LogP contribution in [-0.2, 0) is 11.3 Å². The van der Waals surface area contributed by atoms with E-state index in [2.05, 4.69) is 10.5 Å². The van der Waals surface area contributed by atoms with Crippen molar-refractivity contribution < 1.29 is 14.4 Å². The molecule has 3 rings (SSSR count). The quantitative estimate of drug-likeness (QED) is 0.337. The van der Waals surface area contributed by atoms with Crippen molar-refractivity contribution in [3.8, 4) is 0 Å². The molecule has 0 aliphatic carbocycles. The van der Waals surface area contributed by atoms with Gasteiger partial charge < -0.3 is 5.32 Å². The number of nitrogens with one attached hydrogen (secondary N) is 1. The van der Waals surface area contributed by atoms with Gasteiger partial charge in [-0.3, -0.25) is 9.69 Å². The van der Waals surface area contributed by atoms with Gasteiger partial charge in [0.15, 0.2) is 0 Å². The van der Waals surface area contributed by atoms with Gasteiger partial charge in [-0.15, -0.1) is 4.91 Å². The molecule has 1 saturated heterocycles. The molecule has 0 spiro atoms. The number of imide groups is 1. The summed E-state index contributed by atoms with van der Waals surface area (Å²) in [5, 5.41) is 7.29. The molecule has 1 aliphatic rings. The molecule has 1 heterocycles. The molecule has 174 valence electrons. The number of carbonyl (C=O) groups excluding carboxylic acids is 3. The monoisotopic (exact) mass is 492 g/mol. The van der Waals surface area contributed by atoms with Crippen LogP contribution in [0, 0.1) is 10.3 Å². The average molecular weight is 493 g/mol. The minimum atomic E-state index is -1.40. The summed E-state index contributed by atoms with van der Waals surface area (Å²) < 4.78 is 0. The third-order valence-electron chi connectivity index (χ3n) is 5.09. The Bertz CT molecular complexity index is 1080. The maximum Gasteiger partial charge on any atom is 0.345 e. The van der Waals surface area contributed by atoms with Crippen molar-refractivity contribution in [2.24, 2.45) is 16.4 Å². The van der Waals surface area contributed by atoms with Crippen LogP contribution >= 0.6 is 23.2 Å². The first-order chi connectivity index (χ1) is 15.5. The second-order valence-corrected chi connectivity index (χ2v) is 8.99. The van der Waals surface area contributed by atoms with Crippen LogP contribution in [-0.4, -0.2) is 45.6 Å². The Morgan fingerprint density at radius 2 is 1.76 bits per heavy atom. The van der Waals surface area contributed by atoms with Gasteiger partial charge in [0.1, 0.15) is 0 Å². The minimum absolute atomic E-state index is 0.0615. The highest BCUT2D eigenvalue weighted by molar-refractivity contribution is 6.31. The first-order valence-electron chi connectivity index (χ1n) is 9.84. The van der Waals surface area contributed by atoms with Crippen LogP contribution < -0.4 is 11.2 Å². The zero-order valence-electron chi connectivity index (χ0n) is 17.9. The van der Waals surface area contributed by atoms with Gasteiger partial charge in [0.05, 0.1) is 12.0 Å². The summed E-state index contributed by atoms with van der Waals surface area (Å²) in [6.45, 7) is 2.51. The molecule has 2 aromatic rings. The fourth-order valence-corrected chi connectivity index (χ4v) is 3.59. The molecule has 0 saturated carbocycles. The van der Waals surface area contributed by atoms with Gasteiger partial charge in [-0.05, 0) is 49.7 Å². The maximum absolute atomic E-state index is 13.4. The Hall–Kier alpha value is -3.21. The number of urea groups is 2. The third kappa shape index (κ3) is 5.41. The molecule has 1 fully saturated rings. The van der Waals surface area contributed by atoms with Crippen molar-refractivity contribution in [2.75, 3.05) is 11.9 Å². The second kappa shape index (κ2) is 9.74. The summed E-state index contributed by atoms with van der Waals surface area (Å²) in [4.78, 5) is 51.3. The highest BCUT2D eigenvalue weighted by Gasteiger charge is 2.46. The lowest BCUT2D eigenvalue weighted by Gasteiger charge is -2.46. The SMILES string of the molecule is CC(C)(CN1C(=O)N(N)C(Nc2cccc(Cl)c2)N(Cc2ccc(Cl)cc2)C1=O)C(=O)N=O. The number of halogens is 2. The number of nitrogens with zero attached hydrogens (tertiary/aromatic N) is 4.